The van der Waals surface area contributed by atoms with Gasteiger partial charge in [-0.15, -0.1) is 0 Å². The van der Waals surface area contributed by atoms with Crippen LogP contribution in [0.1, 0.15) is 11.1 Å². The van der Waals surface area contributed by atoms with E-state index in [1.807, 2.05) is 30.3 Å². The fourth-order valence-electron chi connectivity index (χ4n) is 1.82. The van der Waals surface area contributed by atoms with Crippen molar-refractivity contribution < 1.29 is 9.15 Å². The van der Waals surface area contributed by atoms with Crippen LogP contribution in [0.3, 0.4) is 0 Å². The SMILES string of the molecule is N#Cc1cccc(COc2ccc3ncoc3c2)c1. The summed E-state index contributed by atoms with van der Waals surface area (Å²) in [7, 11) is 0. The molecule has 0 bridgehead atoms. The van der Waals surface area contributed by atoms with Gasteiger partial charge in [-0.25, -0.2) is 4.98 Å². The Bertz CT molecular complexity index is 756. The predicted octanol–water partition coefficient (Wildman–Crippen LogP) is 3.28. The second kappa shape index (κ2) is 4.83. The van der Waals surface area contributed by atoms with E-state index < -0.39 is 0 Å². The molecule has 92 valence electrons. The number of fused-ring (bicyclic) bond motifs is 1. The van der Waals surface area contributed by atoms with E-state index in [9.17, 15) is 0 Å². The molecule has 1 heterocycles. The highest BCUT2D eigenvalue weighted by atomic mass is 16.5. The Morgan fingerprint density at radius 3 is 3.05 bits per heavy atom. The molecule has 4 heteroatoms. The van der Waals surface area contributed by atoms with Crippen LogP contribution in [0.15, 0.2) is 53.3 Å². The second-order valence-corrected chi connectivity index (χ2v) is 4.08. The molecule has 0 fully saturated rings. The molecule has 3 rings (SSSR count). The van der Waals surface area contributed by atoms with Crippen LogP contribution in [0.4, 0.5) is 0 Å². The van der Waals surface area contributed by atoms with Crippen molar-refractivity contribution in [2.75, 3.05) is 0 Å². The maximum Gasteiger partial charge on any atom is 0.181 e. The Labute approximate surface area is 109 Å². The molecule has 3 aromatic rings. The van der Waals surface area contributed by atoms with Crippen molar-refractivity contribution in [2.45, 2.75) is 6.61 Å². The number of ether oxygens (including phenoxy) is 1. The van der Waals surface area contributed by atoms with Gasteiger partial charge in [-0.3, -0.25) is 0 Å². The van der Waals surface area contributed by atoms with Crippen molar-refractivity contribution >= 4 is 11.1 Å². The maximum atomic E-state index is 8.83. The molecule has 0 aliphatic carbocycles. The number of hydrogen-bond donors (Lipinski definition) is 0. The van der Waals surface area contributed by atoms with Crippen molar-refractivity contribution in [3.63, 3.8) is 0 Å². The molecular weight excluding hydrogens is 240 g/mol. The fourth-order valence-corrected chi connectivity index (χ4v) is 1.82. The summed E-state index contributed by atoms with van der Waals surface area (Å²) in [5, 5.41) is 8.83. The molecule has 0 radical (unpaired) electrons. The number of nitrogens with zero attached hydrogens (tertiary/aromatic N) is 2. The molecule has 2 aromatic carbocycles. The number of benzene rings is 2. The Kier molecular flexibility index (Phi) is 2.87. The minimum absolute atomic E-state index is 0.412. The topological polar surface area (TPSA) is 59.0 Å². The largest absolute Gasteiger partial charge is 0.489 e. The fraction of sp³-hybridized carbons (Fsp3) is 0.0667. The number of oxazole rings is 1. The Balaban J connectivity index is 1.76. The minimum atomic E-state index is 0.412. The minimum Gasteiger partial charge on any atom is -0.489 e. The Hall–Kier alpha value is -2.80. The lowest BCUT2D eigenvalue weighted by Gasteiger charge is -2.06. The van der Waals surface area contributed by atoms with E-state index in [0.29, 0.717) is 23.5 Å². The van der Waals surface area contributed by atoms with Crippen LogP contribution in [0.2, 0.25) is 0 Å². The smallest absolute Gasteiger partial charge is 0.181 e. The quantitative estimate of drug-likeness (QED) is 0.715. The Morgan fingerprint density at radius 1 is 1.21 bits per heavy atom. The highest BCUT2D eigenvalue weighted by Crippen LogP contribution is 2.20. The average molecular weight is 250 g/mol. The summed E-state index contributed by atoms with van der Waals surface area (Å²) in [6.45, 7) is 0.412. The van der Waals surface area contributed by atoms with Gasteiger partial charge in [0.1, 0.15) is 17.9 Å². The van der Waals surface area contributed by atoms with Crippen molar-refractivity contribution in [1.82, 2.24) is 4.98 Å². The van der Waals surface area contributed by atoms with Crippen molar-refractivity contribution in [3.05, 3.63) is 60.0 Å². The summed E-state index contributed by atoms with van der Waals surface area (Å²) in [6, 6.07) is 15.0. The van der Waals surface area contributed by atoms with Gasteiger partial charge in [-0.05, 0) is 29.8 Å². The zero-order chi connectivity index (χ0) is 13.1. The van der Waals surface area contributed by atoms with Crippen LogP contribution in [-0.2, 0) is 6.61 Å². The van der Waals surface area contributed by atoms with Gasteiger partial charge < -0.3 is 9.15 Å². The molecule has 0 aliphatic heterocycles. The molecule has 0 saturated heterocycles. The zero-order valence-electron chi connectivity index (χ0n) is 10.0. The van der Waals surface area contributed by atoms with Crippen LogP contribution < -0.4 is 4.74 Å². The van der Waals surface area contributed by atoms with Gasteiger partial charge in [0, 0.05) is 6.07 Å². The van der Waals surface area contributed by atoms with Gasteiger partial charge in [-0.1, -0.05) is 12.1 Å². The molecule has 0 spiro atoms. The van der Waals surface area contributed by atoms with Crippen molar-refractivity contribution in [2.24, 2.45) is 0 Å². The lowest BCUT2D eigenvalue weighted by atomic mass is 10.1. The normalized spacial score (nSPS) is 10.3. The molecule has 0 amide bonds. The van der Waals surface area contributed by atoms with E-state index >= 15 is 0 Å². The molecule has 0 atom stereocenters. The lowest BCUT2D eigenvalue weighted by molar-refractivity contribution is 0.306. The molecular formula is C15H10N2O2. The van der Waals surface area contributed by atoms with E-state index in [1.54, 1.807) is 12.1 Å². The van der Waals surface area contributed by atoms with Gasteiger partial charge in [-0.2, -0.15) is 5.26 Å². The molecule has 0 unspecified atom stereocenters. The third-order valence-corrected chi connectivity index (χ3v) is 2.76. The van der Waals surface area contributed by atoms with E-state index in [1.165, 1.54) is 6.39 Å². The monoisotopic (exact) mass is 250 g/mol. The average Bonchev–Trinajstić information content (AvgIpc) is 2.93. The second-order valence-electron chi connectivity index (χ2n) is 4.08. The van der Waals surface area contributed by atoms with Gasteiger partial charge in [0.25, 0.3) is 0 Å². The molecule has 4 nitrogen and oxygen atoms in total. The summed E-state index contributed by atoms with van der Waals surface area (Å²) in [6.07, 6.45) is 1.41. The molecule has 0 aliphatic rings. The van der Waals surface area contributed by atoms with Crippen LogP contribution in [0.5, 0.6) is 5.75 Å². The van der Waals surface area contributed by atoms with Crippen molar-refractivity contribution in [1.29, 1.82) is 5.26 Å². The lowest BCUT2D eigenvalue weighted by Crippen LogP contribution is -1.95. The van der Waals surface area contributed by atoms with Crippen LogP contribution in [-0.4, -0.2) is 4.98 Å². The third kappa shape index (κ3) is 2.40. The van der Waals surface area contributed by atoms with Gasteiger partial charge in [0.05, 0.1) is 11.6 Å². The molecule has 0 saturated carbocycles. The number of rotatable bonds is 3. The van der Waals surface area contributed by atoms with Crippen molar-refractivity contribution in [3.8, 4) is 11.8 Å². The molecule has 19 heavy (non-hydrogen) atoms. The summed E-state index contributed by atoms with van der Waals surface area (Å²) in [5.41, 5.74) is 3.09. The standard InChI is InChI=1S/C15H10N2O2/c16-8-11-2-1-3-12(6-11)9-18-13-4-5-14-15(7-13)19-10-17-14/h1-7,10H,9H2. The Morgan fingerprint density at radius 2 is 2.16 bits per heavy atom. The third-order valence-electron chi connectivity index (χ3n) is 2.76. The van der Waals surface area contributed by atoms with E-state index in [2.05, 4.69) is 11.1 Å². The van der Waals surface area contributed by atoms with E-state index in [4.69, 9.17) is 14.4 Å². The van der Waals surface area contributed by atoms with E-state index in [-0.39, 0.29) is 0 Å². The summed E-state index contributed by atoms with van der Waals surface area (Å²) < 4.78 is 10.9. The number of hydrogen-bond acceptors (Lipinski definition) is 4. The van der Waals surface area contributed by atoms with Gasteiger partial charge >= 0.3 is 0 Å². The van der Waals surface area contributed by atoms with Crippen LogP contribution >= 0.6 is 0 Å². The zero-order valence-corrected chi connectivity index (χ0v) is 10.0. The summed E-state index contributed by atoms with van der Waals surface area (Å²) in [4.78, 5) is 4.04. The number of aromatic nitrogens is 1. The predicted molar refractivity (Wildman–Crippen MR) is 69.5 cm³/mol. The molecule has 1 aromatic heterocycles. The first-order chi connectivity index (χ1) is 9.35. The first kappa shape index (κ1) is 11.3. The summed E-state index contributed by atoms with van der Waals surface area (Å²) in [5.74, 6) is 0.714. The highest BCUT2D eigenvalue weighted by molar-refractivity contribution is 5.73. The first-order valence-electron chi connectivity index (χ1n) is 5.80. The van der Waals surface area contributed by atoms with Gasteiger partial charge in [0.15, 0.2) is 12.0 Å². The summed E-state index contributed by atoms with van der Waals surface area (Å²) >= 11 is 0. The maximum absolute atomic E-state index is 8.83. The first-order valence-corrected chi connectivity index (χ1v) is 5.80. The van der Waals surface area contributed by atoms with Gasteiger partial charge in [0.2, 0.25) is 0 Å². The van der Waals surface area contributed by atoms with Crippen LogP contribution in [0, 0.1) is 11.3 Å². The highest BCUT2D eigenvalue weighted by Gasteiger charge is 2.02. The number of nitriles is 1. The van der Waals surface area contributed by atoms with E-state index in [0.717, 1.165) is 11.1 Å². The molecule has 0 N–H and O–H groups in total. The van der Waals surface area contributed by atoms with Crippen LogP contribution in [0.25, 0.3) is 11.1 Å².